The molecule has 4 nitrogen and oxygen atoms in total. The topological polar surface area (TPSA) is 35.8 Å². The fraction of sp³-hybridized carbons (Fsp3) is 0.462. The fourth-order valence-electron chi connectivity index (χ4n) is 2.06. The van der Waals surface area contributed by atoms with Crippen LogP contribution in [0, 0.1) is 0 Å². The average molecular weight is 244 g/mol. The van der Waals surface area contributed by atoms with Gasteiger partial charge in [-0.2, -0.15) is 5.10 Å². The van der Waals surface area contributed by atoms with Crippen LogP contribution in [0.15, 0.2) is 30.6 Å². The van der Waals surface area contributed by atoms with Crippen molar-refractivity contribution in [2.45, 2.75) is 38.9 Å². The van der Waals surface area contributed by atoms with Crippen molar-refractivity contribution in [2.75, 3.05) is 0 Å². The Balaban J connectivity index is 1.96. The summed E-state index contributed by atoms with van der Waals surface area (Å²) in [6.07, 6.45) is 3.71. The third-order valence-electron chi connectivity index (χ3n) is 3.95. The maximum absolute atomic E-state index is 6.02. The largest absolute Gasteiger partial charge is 0.494 e. The first-order valence-electron chi connectivity index (χ1n) is 6.18. The zero-order valence-corrected chi connectivity index (χ0v) is 11.2. The van der Waals surface area contributed by atoms with Gasteiger partial charge in [0.2, 0.25) is 0 Å². The minimum Gasteiger partial charge on any atom is -0.399 e. The van der Waals surface area contributed by atoms with E-state index >= 15 is 0 Å². The molecular weight excluding hydrogens is 227 g/mol. The van der Waals surface area contributed by atoms with E-state index in [9.17, 15) is 0 Å². The molecule has 94 valence electrons. The lowest BCUT2D eigenvalue weighted by molar-refractivity contribution is 0.00578. The third kappa shape index (κ3) is 1.66. The Bertz CT molecular complexity index is 575. The van der Waals surface area contributed by atoms with Crippen molar-refractivity contribution < 1.29 is 9.31 Å². The lowest BCUT2D eigenvalue weighted by Crippen LogP contribution is -2.41. The number of rotatable bonds is 1. The molecule has 0 radical (unpaired) electrons. The minimum absolute atomic E-state index is 0.302. The second-order valence-electron chi connectivity index (χ2n) is 5.75. The molecule has 1 fully saturated rings. The summed E-state index contributed by atoms with van der Waals surface area (Å²) in [5, 5.41) is 4.18. The van der Waals surface area contributed by atoms with Gasteiger partial charge in [0, 0.05) is 12.4 Å². The highest BCUT2D eigenvalue weighted by atomic mass is 16.7. The maximum atomic E-state index is 6.02. The summed E-state index contributed by atoms with van der Waals surface area (Å²) in [5.41, 5.74) is 1.47. The summed E-state index contributed by atoms with van der Waals surface area (Å²) in [5.74, 6) is 0. The zero-order valence-electron chi connectivity index (χ0n) is 11.2. The highest BCUT2D eigenvalue weighted by molar-refractivity contribution is 6.62. The van der Waals surface area contributed by atoms with E-state index in [4.69, 9.17) is 9.31 Å². The second kappa shape index (κ2) is 3.59. The van der Waals surface area contributed by atoms with Crippen LogP contribution in [0.4, 0.5) is 0 Å². The highest BCUT2D eigenvalue weighted by Gasteiger charge is 2.51. The first-order valence-corrected chi connectivity index (χ1v) is 6.18. The number of hydrogen-bond acceptors (Lipinski definition) is 3. The van der Waals surface area contributed by atoms with Crippen LogP contribution in [0.2, 0.25) is 0 Å². The van der Waals surface area contributed by atoms with Crippen LogP contribution in [0.5, 0.6) is 0 Å². The van der Waals surface area contributed by atoms with Gasteiger partial charge in [-0.1, -0.05) is 0 Å². The van der Waals surface area contributed by atoms with Crippen LogP contribution in [-0.4, -0.2) is 27.9 Å². The Hall–Kier alpha value is -1.33. The minimum atomic E-state index is -0.310. The molecule has 0 aliphatic carbocycles. The molecule has 0 aromatic carbocycles. The number of fused-ring (bicyclic) bond motifs is 1. The van der Waals surface area contributed by atoms with E-state index < -0.39 is 0 Å². The zero-order chi connectivity index (χ0) is 13.0. The molecular formula is C13H17BN2O2. The summed E-state index contributed by atoms with van der Waals surface area (Å²) >= 11 is 0. The Labute approximate surface area is 107 Å². The predicted octanol–water partition coefficient (Wildman–Crippen LogP) is 1.63. The molecule has 0 bridgehead atoms. The SMILES string of the molecule is CC1(C)OB(c2ccn3nccc3c2)OC1(C)C. The summed E-state index contributed by atoms with van der Waals surface area (Å²) in [4.78, 5) is 0. The molecule has 0 N–H and O–H groups in total. The average Bonchev–Trinajstić information content (AvgIpc) is 2.80. The molecule has 3 rings (SSSR count). The number of nitrogens with zero attached hydrogens (tertiary/aromatic N) is 2. The molecule has 3 heterocycles. The molecule has 0 atom stereocenters. The van der Waals surface area contributed by atoms with Gasteiger partial charge in [0.25, 0.3) is 0 Å². The van der Waals surface area contributed by atoms with Crippen LogP contribution >= 0.6 is 0 Å². The lowest BCUT2D eigenvalue weighted by Gasteiger charge is -2.32. The monoisotopic (exact) mass is 244 g/mol. The predicted molar refractivity (Wildman–Crippen MR) is 70.9 cm³/mol. The molecule has 1 saturated heterocycles. The van der Waals surface area contributed by atoms with Gasteiger partial charge in [-0.15, -0.1) is 0 Å². The smallest absolute Gasteiger partial charge is 0.399 e. The molecule has 0 unspecified atom stereocenters. The van der Waals surface area contributed by atoms with Gasteiger partial charge in [-0.05, 0) is 51.4 Å². The Morgan fingerprint density at radius 3 is 2.44 bits per heavy atom. The quantitative estimate of drug-likeness (QED) is 0.715. The van der Waals surface area contributed by atoms with Gasteiger partial charge >= 0.3 is 7.12 Å². The lowest BCUT2D eigenvalue weighted by atomic mass is 9.79. The van der Waals surface area contributed by atoms with Gasteiger partial charge < -0.3 is 9.31 Å². The van der Waals surface area contributed by atoms with E-state index in [1.165, 1.54) is 0 Å². The summed E-state index contributed by atoms with van der Waals surface area (Å²) < 4.78 is 13.9. The van der Waals surface area contributed by atoms with E-state index in [1.807, 2.05) is 22.8 Å². The number of hydrogen-bond donors (Lipinski definition) is 0. The summed E-state index contributed by atoms with van der Waals surface area (Å²) in [6.45, 7) is 8.24. The van der Waals surface area contributed by atoms with Crippen LogP contribution in [-0.2, 0) is 9.31 Å². The molecule has 0 amide bonds. The first kappa shape index (κ1) is 11.7. The molecule has 18 heavy (non-hydrogen) atoms. The normalized spacial score (nSPS) is 21.7. The fourth-order valence-corrected chi connectivity index (χ4v) is 2.06. The summed E-state index contributed by atoms with van der Waals surface area (Å²) in [6, 6.07) is 6.01. The second-order valence-corrected chi connectivity index (χ2v) is 5.75. The van der Waals surface area contributed by atoms with E-state index in [1.54, 1.807) is 6.20 Å². The Morgan fingerprint density at radius 2 is 1.78 bits per heavy atom. The molecule has 0 spiro atoms. The molecule has 5 heteroatoms. The molecule has 0 saturated carbocycles. The van der Waals surface area contributed by atoms with Gasteiger partial charge in [0.05, 0.1) is 16.7 Å². The molecule has 2 aromatic rings. The summed E-state index contributed by atoms with van der Waals surface area (Å²) in [7, 11) is -0.310. The molecule has 1 aliphatic rings. The van der Waals surface area contributed by atoms with Crippen LogP contribution in [0.3, 0.4) is 0 Å². The third-order valence-corrected chi connectivity index (χ3v) is 3.95. The van der Waals surface area contributed by atoms with Crippen molar-refractivity contribution in [3.8, 4) is 0 Å². The molecule has 2 aromatic heterocycles. The van der Waals surface area contributed by atoms with Gasteiger partial charge in [0.1, 0.15) is 0 Å². The van der Waals surface area contributed by atoms with Crippen molar-refractivity contribution in [3.05, 3.63) is 30.6 Å². The van der Waals surface area contributed by atoms with Gasteiger partial charge in [-0.3, -0.25) is 0 Å². The van der Waals surface area contributed by atoms with E-state index in [-0.39, 0.29) is 18.3 Å². The van der Waals surface area contributed by atoms with E-state index in [0.29, 0.717) is 0 Å². The van der Waals surface area contributed by atoms with Crippen molar-refractivity contribution in [2.24, 2.45) is 0 Å². The van der Waals surface area contributed by atoms with Gasteiger partial charge in [-0.25, -0.2) is 4.52 Å². The first-order chi connectivity index (χ1) is 8.39. The number of aromatic nitrogens is 2. The van der Waals surface area contributed by atoms with Crippen molar-refractivity contribution in [1.29, 1.82) is 0 Å². The standard InChI is InChI=1S/C13H17BN2O2/c1-12(2)13(3,4)18-14(17-12)10-6-8-16-11(9-10)5-7-15-16/h5-9H,1-4H3. The van der Waals surface area contributed by atoms with Crippen molar-refractivity contribution in [3.63, 3.8) is 0 Å². The van der Waals surface area contributed by atoms with Crippen molar-refractivity contribution >= 4 is 18.1 Å². The van der Waals surface area contributed by atoms with Crippen LogP contribution < -0.4 is 5.46 Å². The van der Waals surface area contributed by atoms with E-state index in [2.05, 4.69) is 38.9 Å². The Kier molecular flexibility index (Phi) is 2.34. The van der Waals surface area contributed by atoms with Crippen LogP contribution in [0.1, 0.15) is 27.7 Å². The molecule has 1 aliphatic heterocycles. The number of pyridine rings is 1. The van der Waals surface area contributed by atoms with Gasteiger partial charge in [0.15, 0.2) is 0 Å². The van der Waals surface area contributed by atoms with Crippen molar-refractivity contribution in [1.82, 2.24) is 9.61 Å². The Morgan fingerprint density at radius 1 is 1.11 bits per heavy atom. The highest BCUT2D eigenvalue weighted by Crippen LogP contribution is 2.36. The van der Waals surface area contributed by atoms with E-state index in [0.717, 1.165) is 11.0 Å². The maximum Gasteiger partial charge on any atom is 0.494 e. The van der Waals surface area contributed by atoms with Crippen LogP contribution in [0.25, 0.3) is 5.52 Å².